The lowest BCUT2D eigenvalue weighted by Gasteiger charge is -2.01. The minimum atomic E-state index is 0.446. The number of nitrogens with one attached hydrogen (secondary N) is 1. The van der Waals surface area contributed by atoms with Crippen LogP contribution in [0.4, 0.5) is 0 Å². The predicted molar refractivity (Wildman–Crippen MR) is 41.4 cm³/mol. The topological polar surface area (TPSA) is 12.0 Å². The summed E-state index contributed by atoms with van der Waals surface area (Å²) in [5.41, 5.74) is 0. The Morgan fingerprint density at radius 2 is 2.25 bits per heavy atom. The lowest BCUT2D eigenvalue weighted by molar-refractivity contribution is 1.27. The van der Waals surface area contributed by atoms with E-state index in [1.54, 1.807) is 0 Å². The summed E-state index contributed by atoms with van der Waals surface area (Å²) in [6.07, 6.45) is 2.88. The molecule has 0 saturated heterocycles. The maximum absolute atomic E-state index is 3.29. The third-order valence-electron chi connectivity index (χ3n) is 1.37. The molecule has 1 atom stereocenters. The van der Waals surface area contributed by atoms with Crippen molar-refractivity contribution in [2.24, 2.45) is 0 Å². The zero-order valence-corrected chi connectivity index (χ0v) is 6.29. The van der Waals surface area contributed by atoms with E-state index >= 15 is 0 Å². The molecule has 8 heavy (non-hydrogen) atoms. The number of rotatable bonds is 2. The van der Waals surface area contributed by atoms with Gasteiger partial charge in [-0.05, 0) is 32.2 Å². The molecule has 1 N–H and O–H groups in total. The van der Waals surface area contributed by atoms with E-state index in [9.17, 15) is 0 Å². The van der Waals surface area contributed by atoms with Crippen molar-refractivity contribution in [2.45, 2.75) is 25.0 Å². The highest BCUT2D eigenvalue weighted by atomic mass is 32.2. The van der Waals surface area contributed by atoms with Crippen LogP contribution in [0, 0.1) is 0 Å². The van der Waals surface area contributed by atoms with Gasteiger partial charge < -0.3 is 0 Å². The van der Waals surface area contributed by atoms with Crippen molar-refractivity contribution in [2.75, 3.05) is 7.05 Å². The van der Waals surface area contributed by atoms with Gasteiger partial charge in [-0.25, -0.2) is 0 Å². The van der Waals surface area contributed by atoms with Gasteiger partial charge in [-0.15, -0.1) is 10.7 Å². The van der Waals surface area contributed by atoms with E-state index in [1.165, 1.54) is 12.8 Å². The van der Waals surface area contributed by atoms with Gasteiger partial charge in [0.2, 0.25) is 0 Å². The molecule has 1 rings (SSSR count). The highest BCUT2D eigenvalue weighted by Gasteiger charge is 2.23. The zero-order chi connectivity index (χ0) is 5.98. The number of hydrogen-bond acceptors (Lipinski definition) is 1. The summed E-state index contributed by atoms with van der Waals surface area (Å²) in [5, 5.41) is 3.27. The van der Waals surface area contributed by atoms with E-state index in [0.717, 1.165) is 5.25 Å². The molecule has 1 fully saturated rings. The molecule has 0 spiro atoms. The molecule has 0 bridgehead atoms. The van der Waals surface area contributed by atoms with Crippen LogP contribution in [-0.2, 0) is 0 Å². The summed E-state index contributed by atoms with van der Waals surface area (Å²) in [6, 6.07) is 0. The third-order valence-corrected chi connectivity index (χ3v) is 3.54. The van der Waals surface area contributed by atoms with Gasteiger partial charge in [-0.3, -0.25) is 4.72 Å². The molecule has 1 aliphatic rings. The molecule has 0 aromatic carbocycles. The van der Waals surface area contributed by atoms with E-state index in [-0.39, 0.29) is 0 Å². The van der Waals surface area contributed by atoms with Gasteiger partial charge in [0, 0.05) is 5.25 Å². The first kappa shape index (κ1) is 6.30. The highest BCUT2D eigenvalue weighted by molar-refractivity contribution is 8.14. The van der Waals surface area contributed by atoms with Gasteiger partial charge in [-0.2, -0.15) is 0 Å². The second kappa shape index (κ2) is 2.65. The van der Waals surface area contributed by atoms with Crippen LogP contribution < -0.4 is 4.72 Å². The maximum Gasteiger partial charge on any atom is 0.0127 e. The molecule has 0 aromatic rings. The first-order chi connectivity index (χ1) is 3.88. The summed E-state index contributed by atoms with van der Waals surface area (Å²) in [4.78, 5) is 0. The molecule has 0 heterocycles. The lowest BCUT2D eigenvalue weighted by Crippen LogP contribution is -1.99. The summed E-state index contributed by atoms with van der Waals surface area (Å²) in [5.74, 6) is 0. The van der Waals surface area contributed by atoms with Crippen molar-refractivity contribution in [3.63, 3.8) is 0 Å². The van der Waals surface area contributed by atoms with E-state index in [1.807, 2.05) is 7.05 Å². The Balaban J connectivity index is 2.37. The fourth-order valence-electron chi connectivity index (χ4n) is 0.799. The average Bonchev–Trinajstić information content (AvgIpc) is 2.53. The molecule has 0 amide bonds. The van der Waals surface area contributed by atoms with Crippen LogP contribution in [0.3, 0.4) is 0 Å². The number of hydrogen-bond donors (Lipinski definition) is 1. The standard InChI is InChI=1S/C6H13NS/c1-3-8(7-2)6-4-5-6/h3,6-7H,4-5H2,1-2H3. The smallest absolute Gasteiger partial charge is 0.0127 e. The Hall–Kier alpha value is 0.180. The highest BCUT2D eigenvalue weighted by Crippen LogP contribution is 2.36. The van der Waals surface area contributed by atoms with E-state index in [4.69, 9.17) is 0 Å². The normalized spacial score (nSPS) is 23.8. The van der Waals surface area contributed by atoms with Crippen LogP contribution in [-0.4, -0.2) is 17.7 Å². The van der Waals surface area contributed by atoms with Crippen molar-refractivity contribution in [3.8, 4) is 0 Å². The molecule has 48 valence electrons. The molecule has 1 saturated carbocycles. The van der Waals surface area contributed by atoms with Gasteiger partial charge >= 0.3 is 0 Å². The lowest BCUT2D eigenvalue weighted by atomic mass is 11.0. The summed E-state index contributed by atoms with van der Waals surface area (Å²) >= 11 is 0. The largest absolute Gasteiger partial charge is 0.273 e. The van der Waals surface area contributed by atoms with Crippen LogP contribution >= 0.6 is 10.7 Å². The van der Waals surface area contributed by atoms with Gasteiger partial charge in [0.1, 0.15) is 0 Å². The fourth-order valence-corrected chi connectivity index (χ4v) is 2.40. The van der Waals surface area contributed by atoms with Gasteiger partial charge in [0.25, 0.3) is 0 Å². The first-order valence-corrected chi connectivity index (χ1v) is 4.42. The van der Waals surface area contributed by atoms with Crippen LogP contribution in [0.1, 0.15) is 19.8 Å². The SMILES string of the molecule is C/C=S(/NC)C1CC1. The monoisotopic (exact) mass is 131 g/mol. The second-order valence-corrected chi connectivity index (χ2v) is 4.30. The van der Waals surface area contributed by atoms with Gasteiger partial charge in [0.15, 0.2) is 0 Å². The third kappa shape index (κ3) is 1.33. The van der Waals surface area contributed by atoms with Crippen molar-refractivity contribution in [1.29, 1.82) is 0 Å². The quantitative estimate of drug-likeness (QED) is 0.558. The molecular formula is C6H13NS. The predicted octanol–water partition coefficient (Wildman–Crippen LogP) is 1.37. The van der Waals surface area contributed by atoms with E-state index < -0.39 is 0 Å². The Morgan fingerprint density at radius 1 is 1.62 bits per heavy atom. The first-order valence-electron chi connectivity index (χ1n) is 3.07. The molecule has 1 nitrogen and oxygen atoms in total. The summed E-state index contributed by atoms with van der Waals surface area (Å²) in [7, 11) is 2.49. The van der Waals surface area contributed by atoms with Crippen LogP contribution in [0.5, 0.6) is 0 Å². The fraction of sp³-hybridized carbons (Fsp3) is 0.833. The van der Waals surface area contributed by atoms with Gasteiger partial charge in [0.05, 0.1) is 0 Å². The molecule has 0 radical (unpaired) electrons. The Kier molecular flexibility index (Phi) is 2.08. The minimum Gasteiger partial charge on any atom is -0.273 e. The molecule has 2 heteroatoms. The van der Waals surface area contributed by atoms with Crippen molar-refractivity contribution >= 4 is 16.0 Å². The van der Waals surface area contributed by atoms with E-state index in [0.29, 0.717) is 10.7 Å². The average molecular weight is 131 g/mol. The Bertz CT molecular complexity index is 105. The zero-order valence-electron chi connectivity index (χ0n) is 5.48. The molecular weight excluding hydrogens is 118 g/mol. The maximum atomic E-state index is 3.29. The van der Waals surface area contributed by atoms with Crippen molar-refractivity contribution in [3.05, 3.63) is 0 Å². The van der Waals surface area contributed by atoms with Crippen LogP contribution in [0.15, 0.2) is 0 Å². The van der Waals surface area contributed by atoms with Gasteiger partial charge in [-0.1, -0.05) is 0 Å². The minimum absolute atomic E-state index is 0.446. The Labute approximate surface area is 53.5 Å². The molecule has 0 aromatic heterocycles. The van der Waals surface area contributed by atoms with Crippen molar-refractivity contribution in [1.82, 2.24) is 4.72 Å². The van der Waals surface area contributed by atoms with Crippen LogP contribution in [0.25, 0.3) is 0 Å². The van der Waals surface area contributed by atoms with E-state index in [2.05, 4.69) is 17.0 Å². The van der Waals surface area contributed by atoms with Crippen LogP contribution in [0.2, 0.25) is 0 Å². The molecule has 1 unspecified atom stereocenters. The molecule has 1 aliphatic carbocycles. The molecule has 0 aliphatic heterocycles. The second-order valence-electron chi connectivity index (χ2n) is 2.01. The summed E-state index contributed by atoms with van der Waals surface area (Å²) in [6.45, 7) is 2.14. The van der Waals surface area contributed by atoms with Crippen molar-refractivity contribution < 1.29 is 0 Å². The summed E-state index contributed by atoms with van der Waals surface area (Å²) < 4.78 is 3.29. The Morgan fingerprint density at radius 3 is 2.38 bits per heavy atom.